The molecule has 2 heterocycles. The van der Waals surface area contributed by atoms with Gasteiger partial charge in [-0.05, 0) is 48.8 Å². The van der Waals surface area contributed by atoms with Gasteiger partial charge in [0.2, 0.25) is 5.91 Å². The zero-order valence-corrected chi connectivity index (χ0v) is 18.4. The molecule has 2 N–H and O–H groups in total. The number of hydrogen-bond donors (Lipinski definition) is 2. The Morgan fingerprint density at radius 2 is 2.03 bits per heavy atom. The van der Waals surface area contributed by atoms with Gasteiger partial charge in [-0.25, -0.2) is 0 Å². The fourth-order valence-electron chi connectivity index (χ4n) is 5.79. The number of morpholine rings is 1. The number of ether oxygens (including phenoxy) is 1. The van der Waals surface area contributed by atoms with Crippen molar-refractivity contribution in [2.75, 3.05) is 13.2 Å². The van der Waals surface area contributed by atoms with Gasteiger partial charge in [0.05, 0.1) is 24.7 Å². The van der Waals surface area contributed by atoms with Gasteiger partial charge in [-0.15, -0.1) is 0 Å². The predicted molar refractivity (Wildman–Crippen MR) is 118 cm³/mol. The van der Waals surface area contributed by atoms with E-state index in [2.05, 4.69) is 43.2 Å². The molecular formula is C25H32N2O4. The highest BCUT2D eigenvalue weighted by molar-refractivity contribution is 5.89. The number of nitrogens with zero attached hydrogens (tertiary/aromatic N) is 1. The van der Waals surface area contributed by atoms with Gasteiger partial charge in [0.1, 0.15) is 0 Å². The van der Waals surface area contributed by atoms with E-state index in [0.29, 0.717) is 31.9 Å². The molecule has 1 aliphatic heterocycles. The molecule has 6 heteroatoms. The smallest absolute Gasteiger partial charge is 0.309 e. The van der Waals surface area contributed by atoms with Crippen molar-refractivity contribution in [1.82, 2.24) is 9.88 Å². The van der Waals surface area contributed by atoms with Crippen LogP contribution in [0.4, 0.5) is 0 Å². The number of carboxylic acids is 1. The number of aromatic nitrogens is 1. The monoisotopic (exact) mass is 424 g/mol. The van der Waals surface area contributed by atoms with Crippen molar-refractivity contribution in [3.8, 4) is 0 Å². The van der Waals surface area contributed by atoms with Crippen molar-refractivity contribution < 1.29 is 19.4 Å². The highest BCUT2D eigenvalue weighted by Gasteiger charge is 2.45. The van der Waals surface area contributed by atoms with E-state index >= 15 is 0 Å². The van der Waals surface area contributed by atoms with Crippen LogP contribution in [0.2, 0.25) is 0 Å². The molecule has 3 atom stereocenters. The summed E-state index contributed by atoms with van der Waals surface area (Å²) < 4.78 is 5.87. The van der Waals surface area contributed by atoms with Crippen molar-refractivity contribution in [3.63, 3.8) is 0 Å². The molecule has 0 spiro atoms. The van der Waals surface area contributed by atoms with Gasteiger partial charge in [-0.1, -0.05) is 32.4 Å². The Morgan fingerprint density at radius 3 is 2.77 bits per heavy atom. The Morgan fingerprint density at radius 1 is 1.23 bits per heavy atom. The number of amides is 1. The number of aromatic amines is 1. The molecule has 1 amide bonds. The normalized spacial score (nSPS) is 26.6. The second-order valence-electron chi connectivity index (χ2n) is 10.2. The van der Waals surface area contributed by atoms with Crippen molar-refractivity contribution in [2.24, 2.45) is 5.92 Å². The molecule has 3 aliphatic rings. The number of aliphatic carboxylic acids is 1. The molecule has 2 aliphatic carbocycles. The van der Waals surface area contributed by atoms with Crippen molar-refractivity contribution >= 4 is 22.8 Å². The van der Waals surface area contributed by atoms with Gasteiger partial charge in [0.25, 0.3) is 0 Å². The van der Waals surface area contributed by atoms with E-state index in [1.807, 2.05) is 4.90 Å². The molecule has 31 heavy (non-hydrogen) atoms. The maximum Gasteiger partial charge on any atom is 0.309 e. The summed E-state index contributed by atoms with van der Waals surface area (Å²) >= 11 is 0. The van der Waals surface area contributed by atoms with Gasteiger partial charge < -0.3 is 19.7 Å². The number of carbonyl (C=O) groups excluding carboxylic acids is 1. The summed E-state index contributed by atoms with van der Waals surface area (Å²) in [5.74, 6) is -0.583. The van der Waals surface area contributed by atoms with E-state index in [0.717, 1.165) is 18.4 Å². The van der Waals surface area contributed by atoms with Gasteiger partial charge in [0.15, 0.2) is 0 Å². The van der Waals surface area contributed by atoms with Gasteiger partial charge >= 0.3 is 5.97 Å². The number of carboxylic acid groups (broad SMARTS) is 1. The first kappa shape index (κ1) is 20.6. The van der Waals surface area contributed by atoms with Crippen LogP contribution < -0.4 is 0 Å². The highest BCUT2D eigenvalue weighted by atomic mass is 16.5. The quantitative estimate of drug-likeness (QED) is 0.754. The molecule has 6 nitrogen and oxygen atoms in total. The number of fused-ring (bicyclic) bond motifs is 2. The van der Waals surface area contributed by atoms with Crippen LogP contribution in [0.3, 0.4) is 0 Å². The molecule has 2 aromatic rings. The van der Waals surface area contributed by atoms with E-state index < -0.39 is 11.9 Å². The molecule has 0 radical (unpaired) electrons. The third-order valence-electron chi connectivity index (χ3n) is 7.55. The number of rotatable bonds is 5. The molecule has 3 fully saturated rings. The average molecular weight is 425 g/mol. The summed E-state index contributed by atoms with van der Waals surface area (Å²) in [6.07, 6.45) is 6.84. The Labute approximate surface area is 182 Å². The second kappa shape index (κ2) is 7.66. The third kappa shape index (κ3) is 3.65. The average Bonchev–Trinajstić information content (AvgIpc) is 3.49. The fraction of sp³-hybridized carbons (Fsp3) is 0.600. The molecule has 1 aromatic heterocycles. The maximum atomic E-state index is 13.5. The molecule has 166 valence electrons. The van der Waals surface area contributed by atoms with E-state index in [1.54, 1.807) is 0 Å². The Hall–Kier alpha value is -2.34. The zero-order valence-electron chi connectivity index (χ0n) is 18.4. The lowest BCUT2D eigenvalue weighted by atomic mass is 9.78. The molecule has 1 aromatic carbocycles. The number of hydrogen-bond acceptors (Lipinski definition) is 3. The van der Waals surface area contributed by atoms with Gasteiger partial charge in [-0.2, -0.15) is 0 Å². The van der Waals surface area contributed by atoms with E-state index in [1.165, 1.54) is 29.4 Å². The lowest BCUT2D eigenvalue weighted by Crippen LogP contribution is -2.59. The van der Waals surface area contributed by atoms with E-state index in [4.69, 9.17) is 4.74 Å². The number of benzene rings is 1. The molecular weight excluding hydrogens is 392 g/mol. The van der Waals surface area contributed by atoms with Crippen LogP contribution in [0.15, 0.2) is 24.4 Å². The highest BCUT2D eigenvalue weighted by Crippen LogP contribution is 2.46. The topological polar surface area (TPSA) is 82.6 Å². The van der Waals surface area contributed by atoms with E-state index in [9.17, 15) is 14.7 Å². The SMILES string of the molecule is CC(C)(CC(=O)N1CCOC2C(C(=O)O)CCCC21)c1c[nH]c2cccc(C3CC3)c12. The second-order valence-corrected chi connectivity index (χ2v) is 10.2. The first-order chi connectivity index (χ1) is 14.9. The van der Waals surface area contributed by atoms with Crippen LogP contribution in [0.5, 0.6) is 0 Å². The number of H-pyrrole nitrogens is 1. The summed E-state index contributed by atoms with van der Waals surface area (Å²) in [4.78, 5) is 30.6. The van der Waals surface area contributed by atoms with Crippen LogP contribution in [-0.4, -0.2) is 52.2 Å². The van der Waals surface area contributed by atoms with Crippen molar-refractivity contribution in [2.45, 2.75) is 75.9 Å². The lowest BCUT2D eigenvalue weighted by Gasteiger charge is -2.46. The summed E-state index contributed by atoms with van der Waals surface area (Å²) in [6, 6.07) is 6.33. The summed E-state index contributed by atoms with van der Waals surface area (Å²) in [5.41, 5.74) is 3.42. The van der Waals surface area contributed by atoms with E-state index in [-0.39, 0.29) is 23.5 Å². The summed E-state index contributed by atoms with van der Waals surface area (Å²) in [7, 11) is 0. The Kier molecular flexibility index (Phi) is 5.08. The molecule has 0 bridgehead atoms. The number of nitrogens with one attached hydrogen (secondary N) is 1. The minimum Gasteiger partial charge on any atom is -0.481 e. The molecule has 2 saturated carbocycles. The standard InChI is InChI=1S/C25H32N2O4/c1-25(2,18-14-26-19-7-3-5-16(22(18)19)15-9-10-15)13-21(28)27-11-12-31-23-17(24(29)30)6-4-8-20(23)27/h3,5,7,14-15,17,20,23,26H,4,6,8-13H2,1-2H3,(H,29,30). The van der Waals surface area contributed by atoms with Crippen LogP contribution in [-0.2, 0) is 19.7 Å². The fourth-order valence-corrected chi connectivity index (χ4v) is 5.79. The van der Waals surface area contributed by atoms with Crippen LogP contribution in [0.25, 0.3) is 10.9 Å². The summed E-state index contributed by atoms with van der Waals surface area (Å²) in [6.45, 7) is 5.26. The van der Waals surface area contributed by atoms with Crippen LogP contribution in [0, 0.1) is 5.92 Å². The largest absolute Gasteiger partial charge is 0.481 e. The first-order valence-corrected chi connectivity index (χ1v) is 11.6. The minimum atomic E-state index is -0.810. The first-order valence-electron chi connectivity index (χ1n) is 11.6. The predicted octanol–water partition coefficient (Wildman–Crippen LogP) is 4.19. The molecule has 3 unspecified atom stereocenters. The maximum absolute atomic E-state index is 13.5. The molecule has 5 rings (SSSR count). The Bertz CT molecular complexity index is 1010. The Balaban J connectivity index is 1.40. The molecule has 1 saturated heterocycles. The lowest BCUT2D eigenvalue weighted by molar-refractivity contribution is -0.170. The van der Waals surface area contributed by atoms with Gasteiger partial charge in [-0.3, -0.25) is 9.59 Å². The van der Waals surface area contributed by atoms with Crippen molar-refractivity contribution in [3.05, 3.63) is 35.5 Å². The third-order valence-corrected chi connectivity index (χ3v) is 7.55. The van der Waals surface area contributed by atoms with Crippen LogP contribution >= 0.6 is 0 Å². The van der Waals surface area contributed by atoms with Crippen molar-refractivity contribution in [1.29, 1.82) is 0 Å². The van der Waals surface area contributed by atoms with Gasteiger partial charge in [0, 0.05) is 35.5 Å². The minimum absolute atomic E-state index is 0.104. The number of carbonyl (C=O) groups is 2. The zero-order chi connectivity index (χ0) is 21.8. The van der Waals surface area contributed by atoms with Crippen LogP contribution in [0.1, 0.15) is 69.4 Å². The summed E-state index contributed by atoms with van der Waals surface area (Å²) in [5, 5.41) is 10.9.